The molecule has 0 aliphatic rings. The zero-order chi connectivity index (χ0) is 19.1. The molecule has 0 aliphatic heterocycles. The van der Waals surface area contributed by atoms with E-state index in [1.807, 2.05) is 42.5 Å². The number of rotatable bonds is 2. The van der Waals surface area contributed by atoms with Crippen LogP contribution in [0.1, 0.15) is 58.2 Å². The van der Waals surface area contributed by atoms with Crippen LogP contribution in [0, 0.1) is 0 Å². The van der Waals surface area contributed by atoms with Gasteiger partial charge < -0.3 is 10.2 Å². The molecule has 0 fully saturated rings. The maximum Gasteiger partial charge on any atom is 0.119 e. The molecule has 136 valence electrons. The molecule has 2 aromatic rings. The summed E-state index contributed by atoms with van der Waals surface area (Å²) in [5.74, 6) is 0.399. The van der Waals surface area contributed by atoms with Crippen molar-refractivity contribution in [2.75, 3.05) is 6.61 Å². The molecule has 0 unspecified atom stereocenters. The first-order chi connectivity index (χ1) is 11.6. The Kier molecular flexibility index (Phi) is 7.44. The summed E-state index contributed by atoms with van der Waals surface area (Å²) in [6, 6.07) is 15.8. The molecule has 0 spiro atoms. The van der Waals surface area contributed by atoms with Crippen molar-refractivity contribution >= 4 is 6.08 Å². The summed E-state index contributed by atoms with van der Waals surface area (Å²) in [6.07, 6.45) is 3.61. The fourth-order valence-electron chi connectivity index (χ4n) is 2.36. The van der Waals surface area contributed by atoms with Gasteiger partial charge in [-0.25, -0.2) is 0 Å². The summed E-state index contributed by atoms with van der Waals surface area (Å²) >= 11 is 0. The van der Waals surface area contributed by atoms with Gasteiger partial charge in [-0.1, -0.05) is 96.2 Å². The number of aliphatic hydroxyl groups is 1. The third-order valence-corrected chi connectivity index (χ3v) is 3.89. The normalized spacial score (nSPS) is 12.0. The standard InChI is InChI=1S/C14H22O.C9H10O/c1-13(2,3)10-7-8-12(15)11(9-10)14(4,5)6;10-8-4-7-9-5-2-1-3-6-9/h7-9,15H,1-6H3;1-7,10H,8H2/b;7-4+. The van der Waals surface area contributed by atoms with Gasteiger partial charge in [-0.05, 0) is 33.6 Å². The molecular formula is C23H32O2. The Morgan fingerprint density at radius 2 is 1.44 bits per heavy atom. The molecule has 0 heterocycles. The largest absolute Gasteiger partial charge is 0.508 e. The first-order valence-corrected chi connectivity index (χ1v) is 8.72. The van der Waals surface area contributed by atoms with Crippen LogP contribution >= 0.6 is 0 Å². The number of phenols is 1. The van der Waals surface area contributed by atoms with E-state index in [4.69, 9.17) is 5.11 Å². The number of benzene rings is 2. The quantitative estimate of drug-likeness (QED) is 0.738. The third kappa shape index (κ3) is 7.15. The molecule has 2 nitrogen and oxygen atoms in total. The van der Waals surface area contributed by atoms with E-state index >= 15 is 0 Å². The monoisotopic (exact) mass is 340 g/mol. The Balaban J connectivity index is 0.000000271. The number of phenolic OH excluding ortho intramolecular Hbond substituents is 1. The van der Waals surface area contributed by atoms with Crippen LogP contribution in [0.2, 0.25) is 0 Å². The Bertz CT molecular complexity index is 671. The Labute approximate surface area is 152 Å². The van der Waals surface area contributed by atoms with E-state index in [-0.39, 0.29) is 17.4 Å². The second-order valence-corrected chi connectivity index (χ2v) is 8.23. The van der Waals surface area contributed by atoms with E-state index in [2.05, 4.69) is 47.6 Å². The molecular weight excluding hydrogens is 308 g/mol. The fourth-order valence-corrected chi connectivity index (χ4v) is 2.36. The van der Waals surface area contributed by atoms with Gasteiger partial charge in [0.15, 0.2) is 0 Å². The van der Waals surface area contributed by atoms with Crippen LogP contribution in [0.3, 0.4) is 0 Å². The summed E-state index contributed by atoms with van der Waals surface area (Å²) < 4.78 is 0. The molecule has 0 radical (unpaired) electrons. The van der Waals surface area contributed by atoms with Crippen molar-refractivity contribution in [1.29, 1.82) is 0 Å². The highest BCUT2D eigenvalue weighted by Crippen LogP contribution is 2.34. The maximum absolute atomic E-state index is 9.84. The molecule has 0 atom stereocenters. The highest BCUT2D eigenvalue weighted by Gasteiger charge is 2.21. The minimum absolute atomic E-state index is 0.00859. The molecule has 2 aromatic carbocycles. The molecule has 2 N–H and O–H groups in total. The summed E-state index contributed by atoms with van der Waals surface area (Å²) in [6.45, 7) is 13.0. The van der Waals surface area contributed by atoms with E-state index in [0.717, 1.165) is 11.1 Å². The summed E-state index contributed by atoms with van der Waals surface area (Å²) in [4.78, 5) is 0. The van der Waals surface area contributed by atoms with Crippen molar-refractivity contribution in [2.24, 2.45) is 0 Å². The van der Waals surface area contributed by atoms with Crippen LogP contribution < -0.4 is 0 Å². The zero-order valence-electron chi connectivity index (χ0n) is 16.4. The van der Waals surface area contributed by atoms with Crippen molar-refractivity contribution in [1.82, 2.24) is 0 Å². The molecule has 2 rings (SSSR count). The summed E-state index contributed by atoms with van der Waals surface area (Å²) in [5.41, 5.74) is 3.54. The van der Waals surface area contributed by atoms with Crippen molar-refractivity contribution in [3.8, 4) is 5.75 Å². The van der Waals surface area contributed by atoms with Crippen LogP contribution in [-0.2, 0) is 10.8 Å². The SMILES string of the molecule is CC(C)(C)c1ccc(O)c(C(C)(C)C)c1.OC/C=C/c1ccccc1. The van der Waals surface area contributed by atoms with E-state index in [9.17, 15) is 5.11 Å². The first kappa shape index (κ1) is 21.0. The van der Waals surface area contributed by atoms with Gasteiger partial charge in [0.1, 0.15) is 5.75 Å². The number of hydrogen-bond donors (Lipinski definition) is 2. The topological polar surface area (TPSA) is 40.5 Å². The molecule has 0 saturated carbocycles. The lowest BCUT2D eigenvalue weighted by Gasteiger charge is -2.25. The lowest BCUT2D eigenvalue weighted by Crippen LogP contribution is -2.16. The van der Waals surface area contributed by atoms with Crippen LogP contribution in [0.25, 0.3) is 6.08 Å². The van der Waals surface area contributed by atoms with Crippen molar-refractivity contribution in [3.05, 3.63) is 71.3 Å². The number of hydrogen-bond acceptors (Lipinski definition) is 2. The average Bonchev–Trinajstić information content (AvgIpc) is 2.53. The minimum atomic E-state index is -0.00859. The zero-order valence-corrected chi connectivity index (χ0v) is 16.4. The molecule has 0 amide bonds. The van der Waals surface area contributed by atoms with E-state index in [1.165, 1.54) is 5.56 Å². The van der Waals surface area contributed by atoms with Gasteiger partial charge in [0.25, 0.3) is 0 Å². The molecule has 25 heavy (non-hydrogen) atoms. The average molecular weight is 341 g/mol. The molecule has 2 heteroatoms. The highest BCUT2D eigenvalue weighted by atomic mass is 16.3. The van der Waals surface area contributed by atoms with E-state index in [1.54, 1.807) is 12.1 Å². The van der Waals surface area contributed by atoms with Gasteiger partial charge in [0, 0.05) is 0 Å². The van der Waals surface area contributed by atoms with Gasteiger partial charge in [0.05, 0.1) is 6.61 Å². The Morgan fingerprint density at radius 3 is 1.92 bits per heavy atom. The van der Waals surface area contributed by atoms with Crippen LogP contribution in [-0.4, -0.2) is 16.8 Å². The van der Waals surface area contributed by atoms with Crippen LogP contribution in [0.15, 0.2) is 54.6 Å². The summed E-state index contributed by atoms with van der Waals surface area (Å²) in [7, 11) is 0. The molecule has 0 aromatic heterocycles. The smallest absolute Gasteiger partial charge is 0.119 e. The predicted octanol–water partition coefficient (Wildman–Crippen LogP) is 5.68. The fraction of sp³-hybridized carbons (Fsp3) is 0.391. The second-order valence-electron chi connectivity index (χ2n) is 8.23. The van der Waals surface area contributed by atoms with Crippen molar-refractivity contribution < 1.29 is 10.2 Å². The van der Waals surface area contributed by atoms with Crippen molar-refractivity contribution in [3.63, 3.8) is 0 Å². The number of aromatic hydroxyl groups is 1. The van der Waals surface area contributed by atoms with Gasteiger partial charge in [-0.15, -0.1) is 0 Å². The van der Waals surface area contributed by atoms with E-state index < -0.39 is 0 Å². The van der Waals surface area contributed by atoms with Crippen LogP contribution in [0.4, 0.5) is 0 Å². The third-order valence-electron chi connectivity index (χ3n) is 3.89. The number of aliphatic hydroxyl groups excluding tert-OH is 1. The van der Waals surface area contributed by atoms with Crippen LogP contribution in [0.5, 0.6) is 5.75 Å². The van der Waals surface area contributed by atoms with Crippen molar-refractivity contribution in [2.45, 2.75) is 52.4 Å². The van der Waals surface area contributed by atoms with E-state index in [0.29, 0.717) is 5.75 Å². The Hall–Kier alpha value is -2.06. The maximum atomic E-state index is 9.84. The van der Waals surface area contributed by atoms with Gasteiger partial charge in [0.2, 0.25) is 0 Å². The Morgan fingerprint density at radius 1 is 0.840 bits per heavy atom. The predicted molar refractivity (Wildman–Crippen MR) is 108 cm³/mol. The second kappa shape index (κ2) is 8.87. The van der Waals surface area contributed by atoms with Gasteiger partial charge in [-0.2, -0.15) is 0 Å². The minimum Gasteiger partial charge on any atom is -0.508 e. The molecule has 0 saturated heterocycles. The summed E-state index contributed by atoms with van der Waals surface area (Å²) in [5, 5.41) is 18.3. The lowest BCUT2D eigenvalue weighted by atomic mass is 9.80. The molecule has 0 aliphatic carbocycles. The van der Waals surface area contributed by atoms with Gasteiger partial charge in [-0.3, -0.25) is 0 Å². The highest BCUT2D eigenvalue weighted by molar-refractivity contribution is 5.48. The first-order valence-electron chi connectivity index (χ1n) is 8.72. The molecule has 0 bridgehead atoms. The van der Waals surface area contributed by atoms with Gasteiger partial charge >= 0.3 is 0 Å². The lowest BCUT2D eigenvalue weighted by molar-refractivity contribution is 0.343.